The monoisotopic (exact) mass is 345 g/mol. The van der Waals surface area contributed by atoms with Crippen molar-refractivity contribution in [2.24, 2.45) is 0 Å². The van der Waals surface area contributed by atoms with Gasteiger partial charge < -0.3 is 10.6 Å². The maximum atomic E-state index is 12.5. The Morgan fingerprint density at radius 3 is 2.24 bits per heavy atom. The molecule has 1 aliphatic rings. The minimum absolute atomic E-state index is 0.193. The van der Waals surface area contributed by atoms with Crippen molar-refractivity contribution in [3.05, 3.63) is 35.4 Å². The number of rotatable bonds is 7. The summed E-state index contributed by atoms with van der Waals surface area (Å²) in [4.78, 5) is 37.9. The number of imide groups is 1. The van der Waals surface area contributed by atoms with Crippen molar-refractivity contribution in [1.82, 2.24) is 15.5 Å². The maximum Gasteiger partial charge on any atom is 0.325 e. The van der Waals surface area contributed by atoms with Crippen molar-refractivity contribution in [2.75, 3.05) is 6.54 Å². The van der Waals surface area contributed by atoms with Crippen molar-refractivity contribution < 1.29 is 14.4 Å². The predicted molar refractivity (Wildman–Crippen MR) is 95.9 cm³/mol. The van der Waals surface area contributed by atoms with E-state index in [4.69, 9.17) is 0 Å². The first-order valence-electron chi connectivity index (χ1n) is 8.89. The number of carbonyl (C=O) groups is 3. The van der Waals surface area contributed by atoms with Crippen LogP contribution in [0.4, 0.5) is 4.79 Å². The van der Waals surface area contributed by atoms with Crippen LogP contribution in [-0.2, 0) is 16.0 Å². The van der Waals surface area contributed by atoms with E-state index in [2.05, 4.69) is 17.6 Å². The third-order valence-corrected chi connectivity index (χ3v) is 5.02. The molecule has 1 aromatic carbocycles. The topological polar surface area (TPSA) is 78.5 Å². The zero-order valence-electron chi connectivity index (χ0n) is 15.4. The summed E-state index contributed by atoms with van der Waals surface area (Å²) in [6, 6.07) is 7.34. The highest BCUT2D eigenvalue weighted by molar-refractivity contribution is 6.09. The summed E-state index contributed by atoms with van der Waals surface area (Å²) in [5, 5.41) is 5.58. The van der Waals surface area contributed by atoms with Crippen molar-refractivity contribution in [2.45, 2.75) is 58.5 Å². The first kappa shape index (κ1) is 19.0. The molecule has 0 aliphatic carbocycles. The number of urea groups is 1. The Bertz CT molecular complexity index is 650. The minimum atomic E-state index is -0.876. The minimum Gasteiger partial charge on any atom is -0.348 e. The lowest BCUT2D eigenvalue weighted by Gasteiger charge is -2.23. The van der Waals surface area contributed by atoms with E-state index >= 15 is 0 Å². The largest absolute Gasteiger partial charge is 0.348 e. The molecular formula is C19H27N3O3. The van der Waals surface area contributed by atoms with Crippen LogP contribution in [0.1, 0.15) is 57.7 Å². The van der Waals surface area contributed by atoms with Gasteiger partial charge in [0.05, 0.1) is 6.04 Å². The number of benzene rings is 1. The summed E-state index contributed by atoms with van der Waals surface area (Å²) in [5.41, 5.74) is 1.34. The fourth-order valence-electron chi connectivity index (χ4n) is 3.11. The van der Waals surface area contributed by atoms with Gasteiger partial charge in [0.1, 0.15) is 12.1 Å². The molecule has 0 aromatic heterocycles. The van der Waals surface area contributed by atoms with Gasteiger partial charge in [-0.3, -0.25) is 14.5 Å². The summed E-state index contributed by atoms with van der Waals surface area (Å²) in [6.45, 7) is 7.42. The molecule has 1 unspecified atom stereocenters. The number of aryl methyl sites for hydroxylation is 1. The molecule has 0 radical (unpaired) electrons. The molecule has 0 bridgehead atoms. The number of hydrogen-bond acceptors (Lipinski definition) is 3. The second-order valence-electron chi connectivity index (χ2n) is 6.50. The van der Waals surface area contributed by atoms with Gasteiger partial charge >= 0.3 is 6.03 Å². The van der Waals surface area contributed by atoms with E-state index in [9.17, 15) is 14.4 Å². The molecule has 2 N–H and O–H groups in total. The first-order chi connectivity index (χ1) is 11.9. The average Bonchev–Trinajstić information content (AvgIpc) is 2.86. The summed E-state index contributed by atoms with van der Waals surface area (Å²) in [6.07, 6.45) is 1.97. The molecule has 1 atom stereocenters. The fourth-order valence-corrected chi connectivity index (χ4v) is 3.11. The molecule has 136 valence electrons. The van der Waals surface area contributed by atoms with Crippen molar-refractivity contribution in [1.29, 1.82) is 0 Å². The second-order valence-corrected chi connectivity index (χ2v) is 6.50. The van der Waals surface area contributed by atoms with Gasteiger partial charge in [-0.15, -0.1) is 0 Å². The van der Waals surface area contributed by atoms with E-state index in [-0.39, 0.29) is 24.4 Å². The van der Waals surface area contributed by atoms with Gasteiger partial charge in [0.15, 0.2) is 0 Å². The van der Waals surface area contributed by atoms with Gasteiger partial charge in [-0.05, 0) is 37.3 Å². The molecule has 6 heteroatoms. The van der Waals surface area contributed by atoms with Crippen LogP contribution in [0.25, 0.3) is 0 Å². The quantitative estimate of drug-likeness (QED) is 0.746. The third kappa shape index (κ3) is 3.83. The van der Waals surface area contributed by atoms with Gasteiger partial charge in [0.25, 0.3) is 5.91 Å². The Hall–Kier alpha value is -2.37. The SMILES string of the molecule is CCc1ccc(C(C)NC(=O)CN2C(=O)NC(CC)(CC)C2=O)cc1. The summed E-state index contributed by atoms with van der Waals surface area (Å²) >= 11 is 0. The van der Waals surface area contributed by atoms with E-state index in [1.807, 2.05) is 45.0 Å². The number of nitrogens with one attached hydrogen (secondary N) is 2. The molecule has 1 fully saturated rings. The standard InChI is InChI=1S/C19H27N3O3/c1-5-14-8-10-15(11-9-14)13(4)20-16(23)12-22-17(24)19(6-2,7-3)21-18(22)25/h8-11,13H,5-7,12H2,1-4H3,(H,20,23)(H,21,25). The molecule has 4 amide bonds. The molecule has 25 heavy (non-hydrogen) atoms. The zero-order chi connectivity index (χ0) is 18.6. The van der Waals surface area contributed by atoms with Gasteiger partial charge in [0.2, 0.25) is 5.91 Å². The Morgan fingerprint density at radius 2 is 1.76 bits per heavy atom. The number of nitrogens with zero attached hydrogens (tertiary/aromatic N) is 1. The third-order valence-electron chi connectivity index (χ3n) is 5.02. The van der Waals surface area contributed by atoms with Crippen LogP contribution < -0.4 is 10.6 Å². The van der Waals surface area contributed by atoms with Crippen LogP contribution in [0.2, 0.25) is 0 Å². The van der Waals surface area contributed by atoms with Crippen molar-refractivity contribution in [3.63, 3.8) is 0 Å². The Kier molecular flexibility index (Phi) is 5.82. The highest BCUT2D eigenvalue weighted by atomic mass is 16.2. The van der Waals surface area contributed by atoms with Gasteiger partial charge in [0, 0.05) is 0 Å². The van der Waals surface area contributed by atoms with Crippen LogP contribution in [-0.4, -0.2) is 34.8 Å². The number of hydrogen-bond donors (Lipinski definition) is 2. The van der Waals surface area contributed by atoms with Crippen LogP contribution in [0.3, 0.4) is 0 Å². The summed E-state index contributed by atoms with van der Waals surface area (Å²) in [5.74, 6) is -0.670. The molecule has 6 nitrogen and oxygen atoms in total. The number of carbonyl (C=O) groups excluding carboxylic acids is 3. The van der Waals surface area contributed by atoms with Crippen LogP contribution in [0.5, 0.6) is 0 Å². The summed E-state index contributed by atoms with van der Waals surface area (Å²) < 4.78 is 0. The van der Waals surface area contributed by atoms with Crippen LogP contribution in [0.15, 0.2) is 24.3 Å². The molecule has 1 aromatic rings. The molecule has 1 aliphatic heterocycles. The Balaban J connectivity index is 1.99. The lowest BCUT2D eigenvalue weighted by molar-refractivity contribution is -0.135. The lowest BCUT2D eigenvalue weighted by atomic mass is 9.93. The molecular weight excluding hydrogens is 318 g/mol. The zero-order valence-corrected chi connectivity index (χ0v) is 15.4. The summed E-state index contributed by atoms with van der Waals surface area (Å²) in [7, 11) is 0. The smallest absolute Gasteiger partial charge is 0.325 e. The second kappa shape index (κ2) is 7.68. The van der Waals surface area contributed by atoms with Crippen molar-refractivity contribution >= 4 is 17.8 Å². The van der Waals surface area contributed by atoms with E-state index in [1.165, 1.54) is 5.56 Å². The molecule has 2 rings (SSSR count). The normalized spacial score (nSPS) is 17.4. The molecule has 1 heterocycles. The van der Waals surface area contributed by atoms with Crippen LogP contribution >= 0.6 is 0 Å². The first-order valence-corrected chi connectivity index (χ1v) is 8.89. The fraction of sp³-hybridized carbons (Fsp3) is 0.526. The van der Waals surface area contributed by atoms with E-state index in [1.54, 1.807) is 0 Å². The lowest BCUT2D eigenvalue weighted by Crippen LogP contribution is -2.46. The maximum absolute atomic E-state index is 12.5. The Morgan fingerprint density at radius 1 is 1.16 bits per heavy atom. The molecule has 0 spiro atoms. The van der Waals surface area contributed by atoms with Gasteiger partial charge in [-0.25, -0.2) is 4.79 Å². The Labute approximate surface area is 149 Å². The van der Waals surface area contributed by atoms with Crippen LogP contribution in [0, 0.1) is 0 Å². The predicted octanol–water partition coefficient (Wildman–Crippen LogP) is 2.54. The highest BCUT2D eigenvalue weighted by Crippen LogP contribution is 2.24. The van der Waals surface area contributed by atoms with E-state index < -0.39 is 11.6 Å². The average molecular weight is 345 g/mol. The van der Waals surface area contributed by atoms with E-state index in [0.717, 1.165) is 16.9 Å². The molecule has 0 saturated carbocycles. The van der Waals surface area contributed by atoms with Crippen molar-refractivity contribution in [3.8, 4) is 0 Å². The number of amides is 4. The van der Waals surface area contributed by atoms with E-state index in [0.29, 0.717) is 12.8 Å². The van der Waals surface area contributed by atoms with Gasteiger partial charge in [-0.1, -0.05) is 45.0 Å². The highest BCUT2D eigenvalue weighted by Gasteiger charge is 2.49. The molecule has 1 saturated heterocycles. The van der Waals surface area contributed by atoms with Gasteiger partial charge in [-0.2, -0.15) is 0 Å².